The van der Waals surface area contributed by atoms with Crippen LogP contribution < -0.4 is 0 Å². The van der Waals surface area contributed by atoms with Gasteiger partial charge in [0.25, 0.3) is 0 Å². The van der Waals surface area contributed by atoms with Gasteiger partial charge in [-0.25, -0.2) is 0 Å². The van der Waals surface area contributed by atoms with Crippen molar-refractivity contribution in [1.82, 2.24) is 0 Å². The minimum absolute atomic E-state index is 0.123. The Morgan fingerprint density at radius 3 is 3.00 bits per heavy atom. The van der Waals surface area contributed by atoms with Gasteiger partial charge in [0.1, 0.15) is 6.10 Å². The lowest BCUT2D eigenvalue weighted by atomic mass is 9.70. The van der Waals surface area contributed by atoms with Crippen molar-refractivity contribution in [2.75, 3.05) is 7.11 Å². The van der Waals surface area contributed by atoms with Gasteiger partial charge in [-0.1, -0.05) is 25.5 Å². The average molecular weight is 252 g/mol. The first kappa shape index (κ1) is 13.1. The lowest BCUT2D eigenvalue weighted by Gasteiger charge is -2.29. The van der Waals surface area contributed by atoms with Gasteiger partial charge in [0, 0.05) is 6.42 Å². The van der Waals surface area contributed by atoms with Crippen LogP contribution in [-0.4, -0.2) is 25.2 Å². The molecule has 1 aliphatic carbocycles. The number of hydrogen-bond acceptors (Lipinski definition) is 4. The molecule has 4 nitrogen and oxygen atoms in total. The van der Waals surface area contributed by atoms with Crippen LogP contribution in [0.15, 0.2) is 12.2 Å². The highest BCUT2D eigenvalue weighted by Crippen LogP contribution is 2.48. The molecule has 1 saturated heterocycles. The number of hydrogen-bond donors (Lipinski definition) is 0. The van der Waals surface area contributed by atoms with Gasteiger partial charge in [-0.15, -0.1) is 0 Å². The number of methoxy groups -OCH3 is 1. The molecule has 4 heteroatoms. The Kier molecular flexibility index (Phi) is 3.73. The first-order valence-corrected chi connectivity index (χ1v) is 6.58. The van der Waals surface area contributed by atoms with E-state index in [-0.39, 0.29) is 12.0 Å². The second kappa shape index (κ2) is 5.12. The van der Waals surface area contributed by atoms with E-state index in [1.165, 1.54) is 7.11 Å². The number of fused-ring (bicyclic) bond motifs is 2. The van der Waals surface area contributed by atoms with E-state index >= 15 is 0 Å². The molecule has 0 aromatic rings. The third kappa shape index (κ3) is 2.16. The summed E-state index contributed by atoms with van der Waals surface area (Å²) in [5.41, 5.74) is -1.04. The second-order valence-electron chi connectivity index (χ2n) is 5.22. The lowest BCUT2D eigenvalue weighted by molar-refractivity contribution is -0.163. The van der Waals surface area contributed by atoms with Crippen molar-refractivity contribution in [2.45, 2.75) is 45.1 Å². The quantitative estimate of drug-likeness (QED) is 0.437. The van der Waals surface area contributed by atoms with Crippen LogP contribution >= 0.6 is 0 Å². The molecular formula is C14H20O4. The van der Waals surface area contributed by atoms with Crippen molar-refractivity contribution in [2.24, 2.45) is 11.3 Å². The first-order valence-electron chi connectivity index (χ1n) is 6.58. The topological polar surface area (TPSA) is 52.6 Å². The van der Waals surface area contributed by atoms with Gasteiger partial charge < -0.3 is 9.47 Å². The maximum atomic E-state index is 11.9. The molecule has 2 bridgehead atoms. The van der Waals surface area contributed by atoms with E-state index in [1.54, 1.807) is 0 Å². The lowest BCUT2D eigenvalue weighted by Crippen LogP contribution is -2.40. The summed E-state index contributed by atoms with van der Waals surface area (Å²) in [6.45, 7) is 2.12. The summed E-state index contributed by atoms with van der Waals surface area (Å²) >= 11 is 0. The molecule has 0 aromatic carbocycles. The van der Waals surface area contributed by atoms with E-state index in [0.717, 1.165) is 19.3 Å². The number of carbonyl (C=O) groups is 2. The standard InChI is InChI=1S/C14H20O4/c1-3-4-5-6-10-7-11-9-14(8-10,12(15)17-2)13(16)18-11/h5-6,10-11H,3-4,7-9H2,1-2H3/b6-5+/t10-,11-,14+/m0/s1. The molecule has 1 heterocycles. The summed E-state index contributed by atoms with van der Waals surface area (Å²) in [4.78, 5) is 23.8. The monoisotopic (exact) mass is 252 g/mol. The highest BCUT2D eigenvalue weighted by molar-refractivity contribution is 6.01. The molecule has 0 amide bonds. The molecule has 1 aliphatic heterocycles. The molecule has 3 atom stereocenters. The first-order chi connectivity index (χ1) is 8.62. The predicted molar refractivity (Wildman–Crippen MR) is 65.7 cm³/mol. The largest absolute Gasteiger partial charge is 0.468 e. The number of rotatable bonds is 4. The maximum absolute atomic E-state index is 11.9. The Morgan fingerprint density at radius 1 is 1.56 bits per heavy atom. The number of esters is 2. The summed E-state index contributed by atoms with van der Waals surface area (Å²) in [5.74, 6) is -0.602. The summed E-state index contributed by atoms with van der Waals surface area (Å²) in [6, 6.07) is 0. The van der Waals surface area contributed by atoms with Gasteiger partial charge in [-0.3, -0.25) is 9.59 Å². The summed E-state index contributed by atoms with van der Waals surface area (Å²) in [5, 5.41) is 0. The van der Waals surface area contributed by atoms with Gasteiger partial charge in [-0.2, -0.15) is 0 Å². The fourth-order valence-corrected chi connectivity index (χ4v) is 2.99. The Balaban J connectivity index is 2.14. The van der Waals surface area contributed by atoms with E-state index < -0.39 is 17.4 Å². The molecule has 2 rings (SSSR count). The molecule has 0 aromatic heterocycles. The van der Waals surface area contributed by atoms with Crippen molar-refractivity contribution in [3.8, 4) is 0 Å². The van der Waals surface area contributed by atoms with Crippen LogP contribution in [0, 0.1) is 11.3 Å². The molecule has 100 valence electrons. The molecule has 0 unspecified atom stereocenters. The van der Waals surface area contributed by atoms with Crippen LogP contribution in [0.25, 0.3) is 0 Å². The number of ether oxygens (including phenoxy) is 2. The molecule has 0 spiro atoms. The highest BCUT2D eigenvalue weighted by atomic mass is 16.6. The van der Waals surface area contributed by atoms with Crippen molar-refractivity contribution in [3.63, 3.8) is 0 Å². The zero-order chi connectivity index (χ0) is 13.2. The third-order valence-corrected chi connectivity index (χ3v) is 3.86. The normalized spacial score (nSPS) is 34.7. The number of carbonyl (C=O) groups excluding carboxylic acids is 2. The van der Waals surface area contributed by atoms with Crippen molar-refractivity contribution < 1.29 is 19.1 Å². The van der Waals surface area contributed by atoms with Crippen LogP contribution in [0.1, 0.15) is 39.0 Å². The van der Waals surface area contributed by atoms with Gasteiger partial charge in [0.2, 0.25) is 0 Å². The van der Waals surface area contributed by atoms with Gasteiger partial charge in [-0.05, 0) is 25.2 Å². The fraction of sp³-hybridized carbons (Fsp3) is 0.714. The van der Waals surface area contributed by atoms with E-state index in [2.05, 4.69) is 19.1 Å². The van der Waals surface area contributed by atoms with Crippen molar-refractivity contribution in [1.29, 1.82) is 0 Å². The Bertz CT molecular complexity index is 364. The summed E-state index contributed by atoms with van der Waals surface area (Å²) in [6.07, 6.45) is 8.09. The van der Waals surface area contributed by atoms with E-state index in [0.29, 0.717) is 12.8 Å². The minimum atomic E-state index is -1.04. The third-order valence-electron chi connectivity index (χ3n) is 3.86. The summed E-state index contributed by atoms with van der Waals surface area (Å²) in [7, 11) is 1.33. The highest BCUT2D eigenvalue weighted by Gasteiger charge is 2.59. The molecule has 18 heavy (non-hydrogen) atoms. The van der Waals surface area contributed by atoms with Crippen LogP contribution in [0.5, 0.6) is 0 Å². The SMILES string of the molecule is CCC/C=C/[C@H]1C[C@H]2C[C@@](C(=O)OC)(C1)C(=O)O2. The Hall–Kier alpha value is -1.32. The molecule has 2 aliphatic rings. The van der Waals surface area contributed by atoms with Crippen LogP contribution in [-0.2, 0) is 19.1 Å². The second-order valence-corrected chi connectivity index (χ2v) is 5.22. The molecule has 0 N–H and O–H groups in total. The zero-order valence-electron chi connectivity index (χ0n) is 11.0. The predicted octanol–water partition coefficient (Wildman–Crippen LogP) is 2.23. The molecule has 0 radical (unpaired) electrons. The zero-order valence-corrected chi connectivity index (χ0v) is 11.0. The molecular weight excluding hydrogens is 232 g/mol. The Morgan fingerprint density at radius 2 is 2.33 bits per heavy atom. The minimum Gasteiger partial charge on any atom is -0.468 e. The van der Waals surface area contributed by atoms with Gasteiger partial charge in [0.15, 0.2) is 5.41 Å². The van der Waals surface area contributed by atoms with Gasteiger partial charge in [0.05, 0.1) is 7.11 Å². The van der Waals surface area contributed by atoms with Gasteiger partial charge >= 0.3 is 11.9 Å². The molecule has 1 saturated carbocycles. The van der Waals surface area contributed by atoms with E-state index in [9.17, 15) is 9.59 Å². The smallest absolute Gasteiger partial charge is 0.323 e. The summed E-state index contributed by atoms with van der Waals surface area (Å²) < 4.78 is 10.1. The van der Waals surface area contributed by atoms with Crippen LogP contribution in [0.3, 0.4) is 0 Å². The average Bonchev–Trinajstić information content (AvgIpc) is 2.60. The van der Waals surface area contributed by atoms with Crippen molar-refractivity contribution >= 4 is 11.9 Å². The number of unbranched alkanes of at least 4 members (excludes halogenated alkanes) is 1. The number of allylic oxidation sites excluding steroid dienone is 2. The maximum Gasteiger partial charge on any atom is 0.323 e. The van der Waals surface area contributed by atoms with Crippen LogP contribution in [0.2, 0.25) is 0 Å². The molecule has 2 fully saturated rings. The van der Waals surface area contributed by atoms with E-state index in [4.69, 9.17) is 9.47 Å². The van der Waals surface area contributed by atoms with Crippen LogP contribution in [0.4, 0.5) is 0 Å². The van der Waals surface area contributed by atoms with E-state index in [1.807, 2.05) is 0 Å². The Labute approximate surface area is 107 Å². The fourth-order valence-electron chi connectivity index (χ4n) is 2.99. The van der Waals surface area contributed by atoms with Crippen molar-refractivity contribution in [3.05, 3.63) is 12.2 Å².